The highest BCUT2D eigenvalue weighted by Crippen LogP contribution is 2.31. The lowest BCUT2D eigenvalue weighted by Gasteiger charge is -2.10. The topological polar surface area (TPSA) is 82.9 Å². The fourth-order valence-corrected chi connectivity index (χ4v) is 4.44. The molecule has 0 fully saturated rings. The molecular weight excluding hydrogens is 469 g/mol. The first-order valence-corrected chi connectivity index (χ1v) is 10.9. The van der Waals surface area contributed by atoms with E-state index in [0.717, 1.165) is 22.3 Å². The third-order valence-electron chi connectivity index (χ3n) is 5.23. The van der Waals surface area contributed by atoms with Crippen molar-refractivity contribution in [3.63, 3.8) is 0 Å². The Hall–Kier alpha value is -3.99. The third-order valence-corrected chi connectivity index (χ3v) is 6.12. The average Bonchev–Trinajstić information content (AvgIpc) is 3.50. The van der Waals surface area contributed by atoms with Crippen molar-refractivity contribution >= 4 is 21.6 Å². The summed E-state index contributed by atoms with van der Waals surface area (Å²) in [6.07, 6.45) is -4.51. The van der Waals surface area contributed by atoms with Crippen LogP contribution in [0.15, 0.2) is 80.2 Å². The highest BCUT2D eigenvalue weighted by molar-refractivity contribution is 7.17. The Kier molecular flexibility index (Phi) is 5.40. The van der Waals surface area contributed by atoms with Crippen LogP contribution in [0, 0.1) is 0 Å². The van der Waals surface area contributed by atoms with Gasteiger partial charge >= 0.3 is 11.9 Å². The molecule has 0 atom stereocenters. The molecule has 0 saturated carbocycles. The van der Waals surface area contributed by atoms with Crippen molar-refractivity contribution in [2.45, 2.75) is 19.3 Å². The Morgan fingerprint density at radius 2 is 1.74 bits per heavy atom. The molecule has 0 aliphatic heterocycles. The first-order valence-electron chi connectivity index (χ1n) is 10.1. The molecule has 3 aromatic heterocycles. The standard InChI is InChI=1S/C23H15F3N4O3S/c24-23(25,26)16-8-4-7-15(11-16)20-27-18(33-28-20)13-29-17-9-10-34-19(17)21(31)30(22(29)32)12-14-5-2-1-3-6-14/h1-11H,12-13H2. The number of fused-ring (bicyclic) bond motifs is 1. The van der Waals surface area contributed by atoms with Gasteiger partial charge in [0.05, 0.1) is 17.6 Å². The molecule has 0 saturated heterocycles. The molecule has 0 unspecified atom stereocenters. The second-order valence-electron chi connectivity index (χ2n) is 7.47. The number of halogens is 3. The highest BCUT2D eigenvalue weighted by Gasteiger charge is 2.30. The number of benzene rings is 2. The van der Waals surface area contributed by atoms with Gasteiger partial charge in [0.15, 0.2) is 0 Å². The summed E-state index contributed by atoms with van der Waals surface area (Å²) >= 11 is 1.21. The third kappa shape index (κ3) is 4.05. The predicted molar refractivity (Wildman–Crippen MR) is 120 cm³/mol. The van der Waals surface area contributed by atoms with E-state index in [1.807, 2.05) is 30.3 Å². The minimum absolute atomic E-state index is 0.0203. The number of hydrogen-bond donors (Lipinski definition) is 0. The molecule has 0 radical (unpaired) electrons. The van der Waals surface area contributed by atoms with Gasteiger partial charge in [-0.05, 0) is 29.1 Å². The Morgan fingerprint density at radius 3 is 2.50 bits per heavy atom. The van der Waals surface area contributed by atoms with E-state index in [1.165, 1.54) is 28.0 Å². The maximum Gasteiger partial charge on any atom is 0.416 e. The van der Waals surface area contributed by atoms with E-state index in [1.54, 1.807) is 11.4 Å². The van der Waals surface area contributed by atoms with Gasteiger partial charge in [-0.25, -0.2) is 4.79 Å². The van der Waals surface area contributed by atoms with Gasteiger partial charge in [0, 0.05) is 5.56 Å². The second-order valence-corrected chi connectivity index (χ2v) is 8.39. The van der Waals surface area contributed by atoms with Crippen LogP contribution in [0.2, 0.25) is 0 Å². The van der Waals surface area contributed by atoms with Crippen molar-refractivity contribution in [2.75, 3.05) is 0 Å². The van der Waals surface area contributed by atoms with E-state index in [2.05, 4.69) is 10.1 Å². The van der Waals surface area contributed by atoms with Gasteiger partial charge in [-0.3, -0.25) is 13.9 Å². The lowest BCUT2D eigenvalue weighted by Crippen LogP contribution is -2.40. The average molecular weight is 484 g/mol. The summed E-state index contributed by atoms with van der Waals surface area (Å²) < 4.78 is 47.2. The molecular formula is C23H15F3N4O3S. The summed E-state index contributed by atoms with van der Waals surface area (Å²) in [5.74, 6) is -0.0137. The molecule has 2 aromatic carbocycles. The van der Waals surface area contributed by atoms with E-state index in [-0.39, 0.29) is 30.4 Å². The molecule has 0 spiro atoms. The monoisotopic (exact) mass is 484 g/mol. The van der Waals surface area contributed by atoms with Crippen LogP contribution in [0.3, 0.4) is 0 Å². The zero-order valence-corrected chi connectivity index (χ0v) is 18.1. The Morgan fingerprint density at radius 1 is 0.941 bits per heavy atom. The molecule has 172 valence electrons. The van der Waals surface area contributed by atoms with E-state index in [4.69, 9.17) is 4.52 Å². The number of nitrogens with zero attached hydrogens (tertiary/aromatic N) is 4. The Bertz CT molecular complexity index is 1600. The van der Waals surface area contributed by atoms with Crippen LogP contribution in [0.25, 0.3) is 21.6 Å². The van der Waals surface area contributed by atoms with Gasteiger partial charge in [-0.1, -0.05) is 47.6 Å². The fourth-order valence-electron chi connectivity index (χ4n) is 3.60. The molecule has 0 amide bonds. The van der Waals surface area contributed by atoms with Crippen molar-refractivity contribution < 1.29 is 17.7 Å². The van der Waals surface area contributed by atoms with Crippen molar-refractivity contribution in [2.24, 2.45) is 0 Å². The maximum atomic E-state index is 13.3. The summed E-state index contributed by atoms with van der Waals surface area (Å²) in [7, 11) is 0. The van der Waals surface area contributed by atoms with E-state index < -0.39 is 23.0 Å². The quantitative estimate of drug-likeness (QED) is 0.370. The molecule has 7 nitrogen and oxygen atoms in total. The Balaban J connectivity index is 1.53. The van der Waals surface area contributed by atoms with E-state index in [9.17, 15) is 22.8 Å². The molecule has 11 heteroatoms. The predicted octanol–water partition coefficient (Wildman–Crippen LogP) is 4.39. The van der Waals surface area contributed by atoms with Crippen LogP contribution in [0.1, 0.15) is 17.0 Å². The maximum absolute atomic E-state index is 13.3. The van der Waals surface area contributed by atoms with Crippen LogP contribution in [-0.2, 0) is 19.3 Å². The van der Waals surface area contributed by atoms with Gasteiger partial charge in [-0.2, -0.15) is 18.2 Å². The molecule has 0 bridgehead atoms. The number of aromatic nitrogens is 4. The number of alkyl halides is 3. The lowest BCUT2D eigenvalue weighted by molar-refractivity contribution is -0.137. The number of thiophene rings is 1. The smallest absolute Gasteiger partial charge is 0.337 e. The normalized spacial score (nSPS) is 11.9. The van der Waals surface area contributed by atoms with Crippen LogP contribution in [-0.4, -0.2) is 19.3 Å². The number of hydrogen-bond acceptors (Lipinski definition) is 6. The summed E-state index contributed by atoms with van der Waals surface area (Å²) in [5.41, 5.74) is -0.451. The summed E-state index contributed by atoms with van der Waals surface area (Å²) in [5, 5.41) is 5.48. The SMILES string of the molecule is O=c1c2sccc2n(Cc2nc(-c3cccc(C(F)(F)F)c3)no2)c(=O)n1Cc1ccccc1. The minimum Gasteiger partial charge on any atom is -0.337 e. The van der Waals surface area contributed by atoms with Crippen molar-refractivity contribution in [3.8, 4) is 11.4 Å². The molecule has 3 heterocycles. The van der Waals surface area contributed by atoms with Crippen molar-refractivity contribution in [1.29, 1.82) is 0 Å². The van der Waals surface area contributed by atoms with Crippen LogP contribution < -0.4 is 11.2 Å². The van der Waals surface area contributed by atoms with Crippen LogP contribution >= 0.6 is 11.3 Å². The second kappa shape index (κ2) is 8.41. The zero-order chi connectivity index (χ0) is 23.9. The minimum atomic E-state index is -4.51. The molecule has 5 aromatic rings. The molecule has 0 aliphatic carbocycles. The van der Waals surface area contributed by atoms with Crippen molar-refractivity contribution in [3.05, 3.63) is 104 Å². The molecule has 5 rings (SSSR count). The summed E-state index contributed by atoms with van der Waals surface area (Å²) in [4.78, 5) is 30.4. The van der Waals surface area contributed by atoms with Crippen molar-refractivity contribution in [1.82, 2.24) is 19.3 Å². The van der Waals surface area contributed by atoms with Gasteiger partial charge in [0.1, 0.15) is 11.2 Å². The first-order chi connectivity index (χ1) is 16.3. The van der Waals surface area contributed by atoms with Gasteiger partial charge in [-0.15, -0.1) is 11.3 Å². The molecule has 34 heavy (non-hydrogen) atoms. The number of rotatable bonds is 5. The fraction of sp³-hybridized carbons (Fsp3) is 0.130. The van der Waals surface area contributed by atoms with Gasteiger partial charge in [0.2, 0.25) is 11.7 Å². The summed E-state index contributed by atoms with van der Waals surface area (Å²) in [6, 6.07) is 15.3. The lowest BCUT2D eigenvalue weighted by atomic mass is 10.1. The van der Waals surface area contributed by atoms with Gasteiger partial charge < -0.3 is 4.52 Å². The highest BCUT2D eigenvalue weighted by atomic mass is 32.1. The zero-order valence-electron chi connectivity index (χ0n) is 17.3. The van der Waals surface area contributed by atoms with Gasteiger partial charge in [0.25, 0.3) is 5.56 Å². The van der Waals surface area contributed by atoms with Crippen LogP contribution in [0.4, 0.5) is 13.2 Å². The molecule has 0 N–H and O–H groups in total. The molecule has 0 aliphatic rings. The largest absolute Gasteiger partial charge is 0.416 e. The van der Waals surface area contributed by atoms with Crippen LogP contribution in [0.5, 0.6) is 0 Å². The van der Waals surface area contributed by atoms with E-state index in [0.29, 0.717) is 10.2 Å². The Labute approximate surface area is 193 Å². The first kappa shape index (κ1) is 21.8. The summed E-state index contributed by atoms with van der Waals surface area (Å²) in [6.45, 7) is -0.0568. The van der Waals surface area contributed by atoms with E-state index >= 15 is 0 Å².